The highest BCUT2D eigenvalue weighted by molar-refractivity contribution is 5.82. The van der Waals surface area contributed by atoms with Gasteiger partial charge in [-0.3, -0.25) is 20.5 Å². The predicted octanol–water partition coefficient (Wildman–Crippen LogP) is 3.51. The van der Waals surface area contributed by atoms with Gasteiger partial charge in [-0.05, 0) is 56.0 Å². The van der Waals surface area contributed by atoms with Crippen LogP contribution in [0.25, 0.3) is 11.0 Å². The maximum atomic E-state index is 11.1. The fraction of sp³-hybridized carbons (Fsp3) is 0.440. The van der Waals surface area contributed by atoms with Gasteiger partial charge < -0.3 is 14.5 Å². The fourth-order valence-corrected chi connectivity index (χ4v) is 4.64. The number of piperidine rings is 1. The molecule has 33 heavy (non-hydrogen) atoms. The van der Waals surface area contributed by atoms with E-state index < -0.39 is 0 Å². The van der Waals surface area contributed by atoms with Crippen molar-refractivity contribution in [2.45, 2.75) is 38.8 Å². The summed E-state index contributed by atoms with van der Waals surface area (Å²) in [4.78, 5) is 18.0. The highest BCUT2D eigenvalue weighted by Crippen LogP contribution is 2.30. The van der Waals surface area contributed by atoms with E-state index in [1.165, 1.54) is 5.56 Å². The second kappa shape index (κ2) is 9.91. The van der Waals surface area contributed by atoms with Gasteiger partial charge in [0.05, 0.1) is 6.26 Å². The minimum absolute atomic E-state index is 0.0531. The Kier molecular flexibility index (Phi) is 6.57. The highest BCUT2D eigenvalue weighted by Gasteiger charge is 2.21. The summed E-state index contributed by atoms with van der Waals surface area (Å²) in [6, 6.07) is 10.2. The number of fused-ring (bicyclic) bond motifs is 1. The zero-order chi connectivity index (χ0) is 22.6. The van der Waals surface area contributed by atoms with Gasteiger partial charge in [0.15, 0.2) is 0 Å². The maximum Gasteiger partial charge on any atom is 0.219 e. The van der Waals surface area contributed by atoms with Crippen LogP contribution < -0.4 is 20.9 Å². The quantitative estimate of drug-likeness (QED) is 0.508. The molecule has 1 aromatic carbocycles. The van der Waals surface area contributed by atoms with Crippen molar-refractivity contribution in [3.63, 3.8) is 0 Å². The normalized spacial score (nSPS) is 19.7. The molecule has 2 aliphatic rings. The summed E-state index contributed by atoms with van der Waals surface area (Å²) in [5.41, 5.74) is 9.55. The second-order valence-electron chi connectivity index (χ2n) is 9.02. The molecule has 8 heteroatoms. The van der Waals surface area contributed by atoms with Crippen LogP contribution in [0, 0.1) is 5.92 Å². The number of ether oxygens (including phenoxy) is 1. The monoisotopic (exact) mass is 449 g/mol. The van der Waals surface area contributed by atoms with E-state index in [0.717, 1.165) is 68.5 Å². The molecule has 8 nitrogen and oxygen atoms in total. The third-order valence-electron chi connectivity index (χ3n) is 6.59. The van der Waals surface area contributed by atoms with Crippen LogP contribution in [0.3, 0.4) is 0 Å². The van der Waals surface area contributed by atoms with E-state index >= 15 is 0 Å². The Balaban J connectivity index is 1.18. The van der Waals surface area contributed by atoms with Crippen molar-refractivity contribution in [1.82, 2.24) is 26.1 Å². The van der Waals surface area contributed by atoms with Crippen LogP contribution in [0.2, 0.25) is 0 Å². The van der Waals surface area contributed by atoms with Gasteiger partial charge in [-0.1, -0.05) is 6.07 Å². The molecule has 0 aliphatic carbocycles. The van der Waals surface area contributed by atoms with Crippen LogP contribution in [-0.4, -0.2) is 42.0 Å². The topological polar surface area (TPSA) is 91.7 Å². The zero-order valence-electron chi connectivity index (χ0n) is 19.0. The number of likely N-dealkylation sites (tertiary alicyclic amines) is 1. The van der Waals surface area contributed by atoms with Crippen LogP contribution in [0.1, 0.15) is 43.4 Å². The Morgan fingerprint density at radius 3 is 2.85 bits per heavy atom. The second-order valence-corrected chi connectivity index (χ2v) is 9.02. The largest absolute Gasteiger partial charge is 0.464 e. The molecule has 3 N–H and O–H groups in total. The zero-order valence-corrected chi connectivity index (χ0v) is 19.0. The molecule has 5 rings (SSSR count). The van der Waals surface area contributed by atoms with Crippen molar-refractivity contribution >= 4 is 16.9 Å². The van der Waals surface area contributed by atoms with Crippen molar-refractivity contribution in [2.24, 2.45) is 5.92 Å². The van der Waals surface area contributed by atoms with Gasteiger partial charge in [0.1, 0.15) is 11.3 Å². The van der Waals surface area contributed by atoms with E-state index in [-0.39, 0.29) is 5.91 Å². The molecule has 4 heterocycles. The standard InChI is InChI=1S/C25H31N5O3/c1-17(31)26-13-18-7-10-30(11-8-18)15-20-16-32-24-12-21(3-4-22(20)24)33-25-5-2-19(14-27-25)23-6-9-28-29-23/h2-5,12,14,16,18,23,28-29H,6-11,13,15H2,1H3,(H,26,31). The molecule has 2 aliphatic heterocycles. The molecule has 2 aromatic heterocycles. The Hall–Kier alpha value is -2.94. The molecule has 1 atom stereocenters. The van der Waals surface area contributed by atoms with Crippen LogP contribution in [0.4, 0.5) is 0 Å². The maximum absolute atomic E-state index is 11.1. The number of hydrogen-bond donors (Lipinski definition) is 3. The minimum Gasteiger partial charge on any atom is -0.464 e. The number of pyridine rings is 1. The van der Waals surface area contributed by atoms with Crippen molar-refractivity contribution in [3.8, 4) is 11.6 Å². The first-order valence-electron chi connectivity index (χ1n) is 11.7. The SMILES string of the molecule is CC(=O)NCC1CCN(Cc2coc3cc(Oc4ccc(C5CCNN5)cn4)ccc23)CC1. The van der Waals surface area contributed by atoms with Gasteiger partial charge in [-0.2, -0.15) is 0 Å². The number of hydrogen-bond acceptors (Lipinski definition) is 7. The van der Waals surface area contributed by atoms with Gasteiger partial charge in [-0.15, -0.1) is 0 Å². The van der Waals surface area contributed by atoms with Gasteiger partial charge in [-0.25, -0.2) is 4.98 Å². The smallest absolute Gasteiger partial charge is 0.219 e. The summed E-state index contributed by atoms with van der Waals surface area (Å²) in [7, 11) is 0. The van der Waals surface area contributed by atoms with E-state index in [1.54, 1.807) is 6.92 Å². The summed E-state index contributed by atoms with van der Waals surface area (Å²) >= 11 is 0. The Labute approximate surface area is 193 Å². The number of furan rings is 1. The van der Waals surface area contributed by atoms with E-state index in [9.17, 15) is 4.79 Å². The molecule has 1 amide bonds. The molecule has 0 radical (unpaired) electrons. The number of nitrogens with one attached hydrogen (secondary N) is 3. The number of amides is 1. The number of rotatable bonds is 7. The van der Waals surface area contributed by atoms with E-state index in [1.807, 2.05) is 30.7 Å². The molecular weight excluding hydrogens is 418 g/mol. The predicted molar refractivity (Wildman–Crippen MR) is 126 cm³/mol. The number of hydrazine groups is 1. The fourth-order valence-electron chi connectivity index (χ4n) is 4.64. The van der Waals surface area contributed by atoms with Crippen LogP contribution in [0.15, 0.2) is 47.2 Å². The van der Waals surface area contributed by atoms with Crippen molar-refractivity contribution in [1.29, 1.82) is 0 Å². The lowest BCUT2D eigenvalue weighted by Gasteiger charge is -2.31. The average Bonchev–Trinajstić information content (AvgIpc) is 3.50. The molecule has 1 unspecified atom stereocenters. The van der Waals surface area contributed by atoms with Gasteiger partial charge >= 0.3 is 0 Å². The minimum atomic E-state index is 0.0531. The Bertz CT molecular complexity index is 1080. The van der Waals surface area contributed by atoms with Crippen molar-refractivity contribution in [3.05, 3.63) is 53.9 Å². The number of benzene rings is 1. The number of nitrogens with zero attached hydrogens (tertiary/aromatic N) is 2. The van der Waals surface area contributed by atoms with E-state index in [0.29, 0.717) is 23.6 Å². The van der Waals surface area contributed by atoms with Crippen LogP contribution >= 0.6 is 0 Å². The summed E-state index contributed by atoms with van der Waals surface area (Å²) < 4.78 is 11.8. The Morgan fingerprint density at radius 2 is 2.12 bits per heavy atom. The molecule has 3 aromatic rings. The summed E-state index contributed by atoms with van der Waals surface area (Å²) in [5, 5.41) is 4.06. The third kappa shape index (κ3) is 5.35. The lowest BCUT2D eigenvalue weighted by molar-refractivity contribution is -0.119. The van der Waals surface area contributed by atoms with Gasteiger partial charge in [0, 0.05) is 61.9 Å². The average molecular weight is 450 g/mol. The summed E-state index contributed by atoms with van der Waals surface area (Å²) in [5.74, 6) is 1.90. The number of carbonyl (C=O) groups is 1. The van der Waals surface area contributed by atoms with Gasteiger partial charge in [0.25, 0.3) is 0 Å². The van der Waals surface area contributed by atoms with Crippen molar-refractivity contribution in [2.75, 3.05) is 26.2 Å². The first-order valence-corrected chi connectivity index (χ1v) is 11.7. The first-order chi connectivity index (χ1) is 16.1. The molecule has 0 saturated carbocycles. The number of carbonyl (C=O) groups excluding carboxylic acids is 1. The lowest BCUT2D eigenvalue weighted by atomic mass is 9.96. The first kappa shape index (κ1) is 21.9. The van der Waals surface area contributed by atoms with Crippen LogP contribution in [0.5, 0.6) is 11.6 Å². The molecule has 2 fully saturated rings. The molecular formula is C25H31N5O3. The van der Waals surface area contributed by atoms with E-state index in [2.05, 4.69) is 38.2 Å². The summed E-state index contributed by atoms with van der Waals surface area (Å²) in [6.07, 6.45) is 6.98. The van der Waals surface area contributed by atoms with E-state index in [4.69, 9.17) is 9.15 Å². The van der Waals surface area contributed by atoms with Crippen molar-refractivity contribution < 1.29 is 13.9 Å². The Morgan fingerprint density at radius 1 is 1.24 bits per heavy atom. The molecule has 174 valence electrons. The summed E-state index contributed by atoms with van der Waals surface area (Å²) in [6.45, 7) is 6.26. The number of aromatic nitrogens is 1. The highest BCUT2D eigenvalue weighted by atomic mass is 16.5. The van der Waals surface area contributed by atoms with Crippen LogP contribution in [-0.2, 0) is 11.3 Å². The molecule has 2 saturated heterocycles. The third-order valence-corrected chi connectivity index (χ3v) is 6.59. The van der Waals surface area contributed by atoms with Gasteiger partial charge in [0.2, 0.25) is 11.8 Å². The molecule has 0 spiro atoms. The lowest BCUT2D eigenvalue weighted by Crippen LogP contribution is -2.37. The molecule has 0 bridgehead atoms.